The van der Waals surface area contributed by atoms with Crippen LogP contribution < -0.4 is 15.8 Å². The summed E-state index contributed by atoms with van der Waals surface area (Å²) < 4.78 is 6.13. The van der Waals surface area contributed by atoms with Crippen molar-refractivity contribution in [1.29, 1.82) is 0 Å². The Morgan fingerprint density at radius 3 is 2.82 bits per heavy atom. The van der Waals surface area contributed by atoms with E-state index in [-0.39, 0.29) is 17.0 Å². The molecule has 146 valence electrons. The Labute approximate surface area is 165 Å². The SMILES string of the molecule is Cc1c(C(=O)O)sc2ncnc(Nc3cccnc3OC3CCC(N)CC3)c12. The number of nitrogens with zero attached hydrogens (tertiary/aromatic N) is 3. The maximum Gasteiger partial charge on any atom is 0.346 e. The molecule has 0 radical (unpaired) electrons. The molecule has 0 atom stereocenters. The van der Waals surface area contributed by atoms with Gasteiger partial charge < -0.3 is 20.9 Å². The number of nitrogens with one attached hydrogen (secondary N) is 1. The number of aryl methyl sites for hydroxylation is 1. The zero-order valence-corrected chi connectivity index (χ0v) is 16.2. The van der Waals surface area contributed by atoms with Gasteiger partial charge in [0, 0.05) is 12.2 Å². The lowest BCUT2D eigenvalue weighted by Crippen LogP contribution is -2.31. The van der Waals surface area contributed by atoms with Gasteiger partial charge in [-0.1, -0.05) is 0 Å². The molecule has 0 spiro atoms. The van der Waals surface area contributed by atoms with Crippen molar-refractivity contribution in [1.82, 2.24) is 15.0 Å². The second-order valence-electron chi connectivity index (χ2n) is 6.90. The number of carboxylic acids is 1. The molecular formula is C19H21N5O3S. The molecule has 28 heavy (non-hydrogen) atoms. The number of nitrogens with two attached hydrogens (primary N) is 1. The molecule has 3 heterocycles. The smallest absolute Gasteiger partial charge is 0.346 e. The minimum atomic E-state index is -0.965. The Kier molecular flexibility index (Phi) is 5.10. The van der Waals surface area contributed by atoms with Crippen molar-refractivity contribution >= 4 is 39.0 Å². The molecule has 1 saturated carbocycles. The second kappa shape index (κ2) is 7.69. The van der Waals surface area contributed by atoms with Crippen molar-refractivity contribution in [2.24, 2.45) is 5.73 Å². The molecule has 8 nitrogen and oxygen atoms in total. The predicted octanol–water partition coefficient (Wildman–Crippen LogP) is 3.49. The summed E-state index contributed by atoms with van der Waals surface area (Å²) in [6.45, 7) is 1.77. The summed E-state index contributed by atoms with van der Waals surface area (Å²) in [5.41, 5.74) is 7.30. The topological polar surface area (TPSA) is 123 Å². The molecule has 0 aromatic carbocycles. The van der Waals surface area contributed by atoms with E-state index in [0.717, 1.165) is 37.0 Å². The molecule has 0 bridgehead atoms. The lowest BCUT2D eigenvalue weighted by molar-refractivity contribution is 0.0701. The minimum absolute atomic E-state index is 0.0853. The van der Waals surface area contributed by atoms with Gasteiger partial charge in [0.2, 0.25) is 5.88 Å². The first kappa shape index (κ1) is 18.6. The number of anilines is 2. The van der Waals surface area contributed by atoms with E-state index in [1.165, 1.54) is 6.33 Å². The van der Waals surface area contributed by atoms with Crippen LogP contribution in [0.1, 0.15) is 40.9 Å². The Morgan fingerprint density at radius 1 is 1.29 bits per heavy atom. The van der Waals surface area contributed by atoms with Gasteiger partial charge in [0.15, 0.2) is 0 Å². The lowest BCUT2D eigenvalue weighted by atomic mass is 9.94. The van der Waals surface area contributed by atoms with E-state index < -0.39 is 5.97 Å². The lowest BCUT2D eigenvalue weighted by Gasteiger charge is -2.27. The van der Waals surface area contributed by atoms with E-state index in [1.54, 1.807) is 13.1 Å². The molecule has 3 aromatic heterocycles. The van der Waals surface area contributed by atoms with Gasteiger partial charge >= 0.3 is 5.97 Å². The monoisotopic (exact) mass is 399 g/mol. The number of carbonyl (C=O) groups is 1. The largest absolute Gasteiger partial charge is 0.477 e. The average Bonchev–Trinajstić information content (AvgIpc) is 3.03. The Bertz CT molecular complexity index is 1010. The molecule has 1 aliphatic carbocycles. The first-order chi connectivity index (χ1) is 13.5. The fraction of sp³-hybridized carbons (Fsp3) is 0.368. The number of aromatic nitrogens is 3. The number of hydrogen-bond acceptors (Lipinski definition) is 8. The summed E-state index contributed by atoms with van der Waals surface area (Å²) in [7, 11) is 0. The third-order valence-corrected chi connectivity index (χ3v) is 6.13. The molecule has 4 N–H and O–H groups in total. The van der Waals surface area contributed by atoms with E-state index in [2.05, 4.69) is 20.3 Å². The number of rotatable bonds is 5. The maximum atomic E-state index is 11.5. The molecule has 9 heteroatoms. The van der Waals surface area contributed by atoms with Crippen molar-refractivity contribution in [2.45, 2.75) is 44.8 Å². The summed E-state index contributed by atoms with van der Waals surface area (Å²) in [5.74, 6) is 0.0724. The average molecular weight is 399 g/mol. The van der Waals surface area contributed by atoms with Crippen LogP contribution in [0.15, 0.2) is 24.7 Å². The molecule has 3 aromatic rings. The van der Waals surface area contributed by atoms with Crippen LogP contribution in [0.2, 0.25) is 0 Å². The molecule has 4 rings (SSSR count). The standard InChI is InChI=1S/C19H21N5O3S/c1-10-14-16(22-9-23-18(14)28-15(10)19(25)26)24-13-3-2-8-21-17(13)27-12-6-4-11(20)5-7-12/h2-3,8-9,11-12H,4-7,20H2,1H3,(H,25,26)(H,22,23,24). The summed E-state index contributed by atoms with van der Waals surface area (Å²) >= 11 is 1.14. The first-order valence-electron chi connectivity index (χ1n) is 9.14. The summed E-state index contributed by atoms with van der Waals surface area (Å²) in [6.07, 6.45) is 6.88. The quantitative estimate of drug-likeness (QED) is 0.596. The number of hydrogen-bond donors (Lipinski definition) is 3. The number of carboxylic acid groups (broad SMARTS) is 1. The van der Waals surface area contributed by atoms with Crippen molar-refractivity contribution in [3.63, 3.8) is 0 Å². The molecule has 1 aliphatic rings. The van der Waals surface area contributed by atoms with Crippen LogP contribution in [0.25, 0.3) is 10.2 Å². The zero-order valence-electron chi connectivity index (χ0n) is 15.4. The van der Waals surface area contributed by atoms with E-state index in [9.17, 15) is 9.90 Å². The molecule has 0 aliphatic heterocycles. The van der Waals surface area contributed by atoms with E-state index in [4.69, 9.17) is 10.5 Å². The Balaban J connectivity index is 1.64. The maximum absolute atomic E-state index is 11.5. The van der Waals surface area contributed by atoms with Crippen LogP contribution in [0.5, 0.6) is 5.88 Å². The number of thiophene rings is 1. The highest BCUT2D eigenvalue weighted by Gasteiger charge is 2.22. The number of aromatic carboxylic acids is 1. The van der Waals surface area contributed by atoms with Crippen LogP contribution in [0.4, 0.5) is 11.5 Å². The summed E-state index contributed by atoms with van der Waals surface area (Å²) in [4.78, 5) is 25.3. The Morgan fingerprint density at radius 2 is 2.07 bits per heavy atom. The summed E-state index contributed by atoms with van der Waals surface area (Å²) in [6, 6.07) is 3.93. The van der Waals surface area contributed by atoms with Gasteiger partial charge in [0.05, 0.1) is 5.39 Å². The van der Waals surface area contributed by atoms with Gasteiger partial charge in [-0.25, -0.2) is 19.7 Å². The number of ether oxygens (including phenoxy) is 1. The fourth-order valence-electron chi connectivity index (χ4n) is 3.44. The second-order valence-corrected chi connectivity index (χ2v) is 7.90. The normalized spacial score (nSPS) is 19.5. The third-order valence-electron chi connectivity index (χ3n) is 4.94. The van der Waals surface area contributed by atoms with Crippen LogP contribution in [0, 0.1) is 6.92 Å². The number of pyridine rings is 1. The summed E-state index contributed by atoms with van der Waals surface area (Å²) in [5, 5.41) is 13.4. The highest BCUT2D eigenvalue weighted by Crippen LogP contribution is 2.36. The molecule has 0 unspecified atom stereocenters. The van der Waals surface area contributed by atoms with Gasteiger partial charge in [0.25, 0.3) is 0 Å². The predicted molar refractivity (Wildman–Crippen MR) is 107 cm³/mol. The molecule has 0 saturated heterocycles. The fourth-order valence-corrected chi connectivity index (χ4v) is 4.43. The highest BCUT2D eigenvalue weighted by atomic mass is 32.1. The van der Waals surface area contributed by atoms with E-state index in [0.29, 0.717) is 33.2 Å². The van der Waals surface area contributed by atoms with E-state index in [1.807, 2.05) is 12.1 Å². The van der Waals surface area contributed by atoms with Crippen molar-refractivity contribution in [2.75, 3.05) is 5.32 Å². The molecule has 0 amide bonds. The van der Waals surface area contributed by atoms with Crippen molar-refractivity contribution < 1.29 is 14.6 Å². The van der Waals surface area contributed by atoms with Crippen LogP contribution in [-0.2, 0) is 0 Å². The minimum Gasteiger partial charge on any atom is -0.477 e. The van der Waals surface area contributed by atoms with Gasteiger partial charge in [-0.3, -0.25) is 0 Å². The van der Waals surface area contributed by atoms with Gasteiger partial charge in [-0.2, -0.15) is 0 Å². The van der Waals surface area contributed by atoms with E-state index >= 15 is 0 Å². The van der Waals surface area contributed by atoms with Crippen molar-refractivity contribution in [3.8, 4) is 5.88 Å². The zero-order chi connectivity index (χ0) is 19.7. The van der Waals surface area contributed by atoms with Gasteiger partial charge in [-0.05, 0) is 50.3 Å². The van der Waals surface area contributed by atoms with Crippen LogP contribution >= 0.6 is 11.3 Å². The molecule has 1 fully saturated rings. The third kappa shape index (κ3) is 3.63. The van der Waals surface area contributed by atoms with Gasteiger partial charge in [0.1, 0.15) is 33.6 Å². The van der Waals surface area contributed by atoms with Crippen LogP contribution in [-0.4, -0.2) is 38.2 Å². The Hall–Kier alpha value is -2.78. The first-order valence-corrected chi connectivity index (χ1v) is 9.96. The van der Waals surface area contributed by atoms with Crippen LogP contribution in [0.3, 0.4) is 0 Å². The molecular weight excluding hydrogens is 378 g/mol. The number of fused-ring (bicyclic) bond motifs is 1. The highest BCUT2D eigenvalue weighted by molar-refractivity contribution is 7.20. The van der Waals surface area contributed by atoms with Crippen molar-refractivity contribution in [3.05, 3.63) is 35.1 Å². The van der Waals surface area contributed by atoms with Gasteiger partial charge in [-0.15, -0.1) is 11.3 Å².